The zero-order chi connectivity index (χ0) is 15.5. The van der Waals surface area contributed by atoms with Crippen LogP contribution in [-0.4, -0.2) is 42.0 Å². The molecule has 0 aliphatic carbocycles. The molecule has 1 saturated heterocycles. The van der Waals surface area contributed by atoms with Gasteiger partial charge < -0.3 is 10.2 Å². The minimum Gasteiger partial charge on any atom is -0.348 e. The number of hydrogen-bond donors (Lipinski definition) is 1. The standard InChI is InChI=1S/C16H18ClN3OS/c1-20-8-6-11(7-9-20)19-15(21)14-10-18-16(22-14)12-4-2-3-5-13(12)17/h2-5,10-11H,6-9H2,1H3,(H,19,21). The number of thiazole rings is 1. The fourth-order valence-corrected chi connectivity index (χ4v) is 3.69. The normalized spacial score (nSPS) is 16.6. The number of likely N-dealkylation sites (tertiary alicyclic amines) is 1. The molecule has 0 bridgehead atoms. The van der Waals surface area contributed by atoms with E-state index >= 15 is 0 Å². The fourth-order valence-electron chi connectivity index (χ4n) is 2.55. The van der Waals surface area contributed by atoms with Crippen LogP contribution in [0.2, 0.25) is 5.02 Å². The second kappa shape index (κ2) is 6.77. The number of carbonyl (C=O) groups is 1. The van der Waals surface area contributed by atoms with Gasteiger partial charge in [0.25, 0.3) is 5.91 Å². The third-order valence-corrected chi connectivity index (χ3v) is 5.25. The summed E-state index contributed by atoms with van der Waals surface area (Å²) in [5, 5.41) is 4.54. The van der Waals surface area contributed by atoms with Crippen molar-refractivity contribution in [3.8, 4) is 10.6 Å². The predicted octanol–water partition coefficient (Wildman–Crippen LogP) is 3.29. The van der Waals surface area contributed by atoms with Crippen molar-refractivity contribution in [2.24, 2.45) is 0 Å². The second-order valence-corrected chi connectivity index (χ2v) is 7.00. The molecule has 1 amide bonds. The molecule has 3 rings (SSSR count). The van der Waals surface area contributed by atoms with Crippen LogP contribution >= 0.6 is 22.9 Å². The number of piperidine rings is 1. The number of carbonyl (C=O) groups excluding carboxylic acids is 1. The molecule has 0 atom stereocenters. The Morgan fingerprint density at radius 2 is 2.09 bits per heavy atom. The number of rotatable bonds is 3. The Morgan fingerprint density at radius 3 is 2.82 bits per heavy atom. The molecule has 22 heavy (non-hydrogen) atoms. The Morgan fingerprint density at radius 1 is 1.36 bits per heavy atom. The lowest BCUT2D eigenvalue weighted by molar-refractivity contribution is 0.0921. The largest absolute Gasteiger partial charge is 0.348 e. The average molecular weight is 336 g/mol. The van der Waals surface area contributed by atoms with Gasteiger partial charge in [0.1, 0.15) is 9.88 Å². The van der Waals surface area contributed by atoms with Crippen LogP contribution in [0, 0.1) is 0 Å². The summed E-state index contributed by atoms with van der Waals surface area (Å²) in [6.45, 7) is 2.05. The third kappa shape index (κ3) is 3.48. The Kier molecular flexibility index (Phi) is 4.76. The van der Waals surface area contributed by atoms with Crippen molar-refractivity contribution in [2.75, 3.05) is 20.1 Å². The molecule has 0 saturated carbocycles. The van der Waals surface area contributed by atoms with Gasteiger partial charge in [0.05, 0.1) is 11.2 Å². The first-order valence-electron chi connectivity index (χ1n) is 7.33. The van der Waals surface area contributed by atoms with Gasteiger partial charge in [-0.3, -0.25) is 4.79 Å². The number of nitrogens with zero attached hydrogens (tertiary/aromatic N) is 2. The smallest absolute Gasteiger partial charge is 0.263 e. The van der Waals surface area contributed by atoms with Crippen LogP contribution in [0.3, 0.4) is 0 Å². The molecule has 2 aromatic rings. The summed E-state index contributed by atoms with van der Waals surface area (Å²) in [4.78, 5) is 19.6. The molecule has 4 nitrogen and oxygen atoms in total. The summed E-state index contributed by atoms with van der Waals surface area (Å²) >= 11 is 7.56. The molecule has 116 valence electrons. The predicted molar refractivity (Wildman–Crippen MR) is 90.5 cm³/mol. The number of amides is 1. The summed E-state index contributed by atoms with van der Waals surface area (Å²) in [5.74, 6) is -0.0367. The number of hydrogen-bond acceptors (Lipinski definition) is 4. The van der Waals surface area contributed by atoms with E-state index in [1.165, 1.54) is 11.3 Å². The number of halogens is 1. The van der Waals surface area contributed by atoms with Crippen LogP contribution < -0.4 is 5.32 Å². The zero-order valence-corrected chi connectivity index (χ0v) is 14.0. The highest BCUT2D eigenvalue weighted by atomic mass is 35.5. The van der Waals surface area contributed by atoms with Gasteiger partial charge >= 0.3 is 0 Å². The van der Waals surface area contributed by atoms with Crippen LogP contribution in [0.25, 0.3) is 10.6 Å². The fraction of sp³-hybridized carbons (Fsp3) is 0.375. The van der Waals surface area contributed by atoms with Crippen molar-refractivity contribution < 1.29 is 4.79 Å². The molecule has 1 aliphatic heterocycles. The van der Waals surface area contributed by atoms with Crippen molar-refractivity contribution in [1.82, 2.24) is 15.2 Å². The van der Waals surface area contributed by atoms with Gasteiger partial charge in [-0.1, -0.05) is 29.8 Å². The van der Waals surface area contributed by atoms with E-state index in [0.29, 0.717) is 9.90 Å². The van der Waals surface area contributed by atoms with Gasteiger partial charge in [0, 0.05) is 11.6 Å². The average Bonchev–Trinajstić information content (AvgIpc) is 3.00. The zero-order valence-electron chi connectivity index (χ0n) is 12.4. The minimum absolute atomic E-state index is 0.0367. The molecule has 6 heteroatoms. The SMILES string of the molecule is CN1CCC(NC(=O)c2cnc(-c3ccccc3Cl)s2)CC1. The van der Waals surface area contributed by atoms with E-state index in [9.17, 15) is 4.79 Å². The highest BCUT2D eigenvalue weighted by Gasteiger charge is 2.20. The van der Waals surface area contributed by atoms with Crippen molar-refractivity contribution in [1.29, 1.82) is 0 Å². The quantitative estimate of drug-likeness (QED) is 0.936. The molecular formula is C16H18ClN3OS. The minimum atomic E-state index is -0.0367. The van der Waals surface area contributed by atoms with Gasteiger partial charge in [-0.2, -0.15) is 0 Å². The monoisotopic (exact) mass is 335 g/mol. The summed E-state index contributed by atoms with van der Waals surface area (Å²) in [5.41, 5.74) is 0.868. The molecule has 0 spiro atoms. The van der Waals surface area contributed by atoms with Gasteiger partial charge in [-0.25, -0.2) is 4.98 Å². The summed E-state index contributed by atoms with van der Waals surface area (Å²) in [6, 6.07) is 7.80. The highest BCUT2D eigenvalue weighted by Crippen LogP contribution is 2.30. The van der Waals surface area contributed by atoms with Gasteiger partial charge in [0.15, 0.2) is 0 Å². The Labute approximate surface area is 139 Å². The van der Waals surface area contributed by atoms with E-state index in [-0.39, 0.29) is 11.9 Å². The summed E-state index contributed by atoms with van der Waals surface area (Å²) in [6.07, 6.45) is 3.63. The lowest BCUT2D eigenvalue weighted by atomic mass is 10.1. The van der Waals surface area contributed by atoms with E-state index in [1.807, 2.05) is 24.3 Å². The molecule has 1 fully saturated rings. The number of nitrogens with one attached hydrogen (secondary N) is 1. The molecular weight excluding hydrogens is 318 g/mol. The van der Waals surface area contributed by atoms with Crippen molar-refractivity contribution in [3.63, 3.8) is 0 Å². The lowest BCUT2D eigenvalue weighted by Crippen LogP contribution is -2.43. The maximum Gasteiger partial charge on any atom is 0.263 e. The van der Waals surface area contributed by atoms with E-state index < -0.39 is 0 Å². The Balaban J connectivity index is 1.68. The third-order valence-electron chi connectivity index (χ3n) is 3.89. The van der Waals surface area contributed by atoms with Crippen LogP contribution in [0.4, 0.5) is 0 Å². The molecule has 2 heterocycles. The number of aromatic nitrogens is 1. The summed E-state index contributed by atoms with van der Waals surface area (Å²) < 4.78 is 0. The van der Waals surface area contributed by atoms with E-state index in [2.05, 4.69) is 22.2 Å². The van der Waals surface area contributed by atoms with Gasteiger partial charge in [0.2, 0.25) is 0 Å². The second-order valence-electron chi connectivity index (χ2n) is 5.56. The molecule has 1 N–H and O–H groups in total. The van der Waals surface area contributed by atoms with Gasteiger partial charge in [-0.15, -0.1) is 11.3 Å². The molecule has 0 radical (unpaired) electrons. The summed E-state index contributed by atoms with van der Waals surface area (Å²) in [7, 11) is 2.11. The molecule has 1 aromatic carbocycles. The van der Waals surface area contributed by atoms with E-state index in [0.717, 1.165) is 36.5 Å². The first kappa shape index (κ1) is 15.5. The Bertz CT molecular complexity index is 665. The van der Waals surface area contributed by atoms with Crippen molar-refractivity contribution in [2.45, 2.75) is 18.9 Å². The number of benzene rings is 1. The molecule has 1 aromatic heterocycles. The van der Waals surface area contributed by atoms with Gasteiger partial charge in [-0.05, 0) is 39.0 Å². The Hall–Kier alpha value is -1.43. The molecule has 1 aliphatic rings. The first-order valence-corrected chi connectivity index (χ1v) is 8.53. The maximum absolute atomic E-state index is 12.3. The highest BCUT2D eigenvalue weighted by molar-refractivity contribution is 7.17. The van der Waals surface area contributed by atoms with Crippen LogP contribution in [0.1, 0.15) is 22.5 Å². The van der Waals surface area contributed by atoms with Crippen LogP contribution in [0.15, 0.2) is 30.5 Å². The van der Waals surface area contributed by atoms with E-state index in [4.69, 9.17) is 11.6 Å². The maximum atomic E-state index is 12.3. The van der Waals surface area contributed by atoms with Crippen molar-refractivity contribution in [3.05, 3.63) is 40.4 Å². The topological polar surface area (TPSA) is 45.2 Å². The van der Waals surface area contributed by atoms with Crippen LogP contribution in [0.5, 0.6) is 0 Å². The van der Waals surface area contributed by atoms with Crippen molar-refractivity contribution >= 4 is 28.8 Å². The first-order chi connectivity index (χ1) is 10.6. The lowest BCUT2D eigenvalue weighted by Gasteiger charge is -2.29. The van der Waals surface area contributed by atoms with E-state index in [1.54, 1.807) is 6.20 Å². The van der Waals surface area contributed by atoms with Crippen LogP contribution in [-0.2, 0) is 0 Å². The molecule has 0 unspecified atom stereocenters.